The fourth-order valence-corrected chi connectivity index (χ4v) is 2.94. The van der Waals surface area contributed by atoms with E-state index in [0.717, 1.165) is 0 Å². The number of hydrogen-bond donors (Lipinski definition) is 0. The van der Waals surface area contributed by atoms with Crippen molar-refractivity contribution < 1.29 is 20.4 Å². The molecule has 0 saturated heterocycles. The SMILES string of the molecule is Cl.Cl.[Ti][CH]1c2ccccc2-c2ccccc21. The number of halogens is 2. The van der Waals surface area contributed by atoms with Gasteiger partial charge in [0.15, 0.2) is 0 Å². The van der Waals surface area contributed by atoms with E-state index in [9.17, 15) is 0 Å². The number of rotatable bonds is 0. The van der Waals surface area contributed by atoms with E-state index < -0.39 is 0 Å². The Bertz CT molecular complexity index is 451. The second-order valence-electron chi connectivity index (χ2n) is 3.61. The standard InChI is InChI=1S/C13H9.2ClH.Ti/c1-3-7-12-10(5-1)9-11-6-2-4-8-13(11)12;;;/h1-9H;2*1H;. The van der Waals surface area contributed by atoms with Crippen molar-refractivity contribution in [3.05, 3.63) is 59.7 Å². The van der Waals surface area contributed by atoms with Gasteiger partial charge in [-0.1, -0.05) is 0 Å². The molecule has 3 rings (SSSR count). The van der Waals surface area contributed by atoms with Gasteiger partial charge in [0.1, 0.15) is 0 Å². The minimum atomic E-state index is 0. The average Bonchev–Trinajstić information content (AvgIpc) is 2.55. The van der Waals surface area contributed by atoms with E-state index >= 15 is 0 Å². The van der Waals surface area contributed by atoms with Gasteiger partial charge in [0, 0.05) is 0 Å². The van der Waals surface area contributed by atoms with Crippen LogP contribution in [0.5, 0.6) is 0 Å². The molecule has 0 spiro atoms. The molecule has 0 nitrogen and oxygen atoms in total. The van der Waals surface area contributed by atoms with Crippen molar-refractivity contribution in [2.75, 3.05) is 0 Å². The van der Waals surface area contributed by atoms with E-state index in [1.165, 1.54) is 22.3 Å². The number of hydrogen-bond acceptors (Lipinski definition) is 0. The van der Waals surface area contributed by atoms with Crippen molar-refractivity contribution in [3.63, 3.8) is 0 Å². The molecule has 0 amide bonds. The zero-order chi connectivity index (χ0) is 9.54. The maximum absolute atomic E-state index is 2.28. The van der Waals surface area contributed by atoms with Crippen LogP contribution in [0.1, 0.15) is 15.3 Å². The van der Waals surface area contributed by atoms with E-state index in [-0.39, 0.29) is 24.8 Å². The minimum absolute atomic E-state index is 0. The molecule has 0 radical (unpaired) electrons. The predicted octanol–water partition coefficient (Wildman–Crippen LogP) is 4.15. The van der Waals surface area contributed by atoms with Crippen LogP contribution in [0, 0.1) is 0 Å². The zero-order valence-electron chi connectivity index (χ0n) is 8.51. The Morgan fingerprint density at radius 2 is 1.06 bits per heavy atom. The molecule has 2 aromatic carbocycles. The van der Waals surface area contributed by atoms with Crippen molar-refractivity contribution in [2.24, 2.45) is 0 Å². The quantitative estimate of drug-likeness (QED) is 0.638. The molecule has 16 heavy (non-hydrogen) atoms. The zero-order valence-corrected chi connectivity index (χ0v) is 11.7. The van der Waals surface area contributed by atoms with Crippen LogP contribution in [0.3, 0.4) is 0 Å². The normalized spacial score (nSPS) is 11.9. The molecular weight excluding hydrogens is 275 g/mol. The Hall–Kier alpha value is -0.266. The molecule has 0 saturated carbocycles. The Morgan fingerprint density at radius 1 is 0.688 bits per heavy atom. The summed E-state index contributed by atoms with van der Waals surface area (Å²) in [6, 6.07) is 17.4. The van der Waals surface area contributed by atoms with Crippen LogP contribution >= 0.6 is 24.8 Å². The fourth-order valence-electron chi connectivity index (χ4n) is 2.16. The van der Waals surface area contributed by atoms with Gasteiger partial charge in [-0.2, -0.15) is 0 Å². The van der Waals surface area contributed by atoms with Gasteiger partial charge in [0.05, 0.1) is 0 Å². The molecule has 3 heteroatoms. The van der Waals surface area contributed by atoms with Gasteiger partial charge >= 0.3 is 95.4 Å². The molecule has 0 atom stereocenters. The molecule has 81 valence electrons. The predicted molar refractivity (Wildman–Crippen MR) is 68.2 cm³/mol. The summed E-state index contributed by atoms with van der Waals surface area (Å²) in [7, 11) is 0. The van der Waals surface area contributed by atoms with Gasteiger partial charge in [0.2, 0.25) is 0 Å². The molecule has 0 aromatic heterocycles. The van der Waals surface area contributed by atoms with Gasteiger partial charge in [0.25, 0.3) is 0 Å². The molecule has 2 aromatic rings. The summed E-state index contributed by atoms with van der Waals surface area (Å²) in [5.41, 5.74) is 5.76. The van der Waals surface area contributed by atoms with Gasteiger partial charge in [-0.15, -0.1) is 24.8 Å². The van der Waals surface area contributed by atoms with Crippen LogP contribution in [-0.2, 0) is 20.4 Å². The summed E-state index contributed by atoms with van der Waals surface area (Å²) < 4.78 is 0.558. The van der Waals surface area contributed by atoms with Crippen LogP contribution in [-0.4, -0.2) is 0 Å². The van der Waals surface area contributed by atoms with Crippen LogP contribution in [0.25, 0.3) is 11.1 Å². The van der Waals surface area contributed by atoms with E-state index in [0.29, 0.717) is 4.22 Å². The van der Waals surface area contributed by atoms with Crippen LogP contribution in [0.4, 0.5) is 0 Å². The summed E-state index contributed by atoms with van der Waals surface area (Å²) in [5, 5.41) is 0. The van der Waals surface area contributed by atoms with Gasteiger partial charge in [-0.3, -0.25) is 0 Å². The summed E-state index contributed by atoms with van der Waals surface area (Å²) >= 11 is 2.28. The van der Waals surface area contributed by atoms with Crippen LogP contribution in [0.15, 0.2) is 48.5 Å². The first-order valence-corrected chi connectivity index (χ1v) is 5.67. The molecule has 0 aliphatic heterocycles. The summed E-state index contributed by atoms with van der Waals surface area (Å²) in [6.07, 6.45) is 0. The van der Waals surface area contributed by atoms with Crippen molar-refractivity contribution >= 4 is 24.8 Å². The Kier molecular flexibility index (Phi) is 4.64. The molecule has 0 unspecified atom stereocenters. The number of benzene rings is 2. The molecule has 0 fully saturated rings. The fraction of sp³-hybridized carbons (Fsp3) is 0.0769. The van der Waals surface area contributed by atoms with E-state index in [1.54, 1.807) is 0 Å². The average molecular weight is 286 g/mol. The monoisotopic (exact) mass is 285 g/mol. The summed E-state index contributed by atoms with van der Waals surface area (Å²) in [4.78, 5) is 0. The first kappa shape index (κ1) is 13.8. The molecule has 1 aliphatic rings. The molecule has 0 bridgehead atoms. The second kappa shape index (κ2) is 5.38. The van der Waals surface area contributed by atoms with E-state index in [2.05, 4.69) is 69.0 Å². The van der Waals surface area contributed by atoms with E-state index in [1.807, 2.05) is 0 Å². The maximum atomic E-state index is 2.28. The van der Waals surface area contributed by atoms with Gasteiger partial charge in [-0.05, 0) is 0 Å². The van der Waals surface area contributed by atoms with Crippen molar-refractivity contribution in [2.45, 2.75) is 4.22 Å². The Balaban J connectivity index is 0.000000640. The van der Waals surface area contributed by atoms with E-state index in [4.69, 9.17) is 0 Å². The van der Waals surface area contributed by atoms with Crippen LogP contribution in [0.2, 0.25) is 0 Å². The summed E-state index contributed by atoms with van der Waals surface area (Å²) in [6.45, 7) is 0. The molecular formula is C13H11Cl2Ti. The van der Waals surface area contributed by atoms with Gasteiger partial charge < -0.3 is 0 Å². The van der Waals surface area contributed by atoms with Crippen molar-refractivity contribution in [1.29, 1.82) is 0 Å². The number of fused-ring (bicyclic) bond motifs is 3. The second-order valence-corrected chi connectivity index (χ2v) is 4.51. The first-order valence-electron chi connectivity index (χ1n) is 4.77. The third-order valence-electron chi connectivity index (χ3n) is 2.83. The first-order chi connectivity index (χ1) is 6.88. The van der Waals surface area contributed by atoms with Gasteiger partial charge in [-0.25, -0.2) is 0 Å². The Morgan fingerprint density at radius 3 is 1.50 bits per heavy atom. The molecule has 0 heterocycles. The van der Waals surface area contributed by atoms with Crippen molar-refractivity contribution in [1.82, 2.24) is 0 Å². The Labute approximate surface area is 120 Å². The van der Waals surface area contributed by atoms with Crippen molar-refractivity contribution in [3.8, 4) is 11.1 Å². The molecule has 1 aliphatic carbocycles. The van der Waals surface area contributed by atoms with Crippen LogP contribution < -0.4 is 0 Å². The third kappa shape index (κ3) is 1.96. The third-order valence-corrected chi connectivity index (χ3v) is 3.81. The topological polar surface area (TPSA) is 0 Å². The summed E-state index contributed by atoms with van der Waals surface area (Å²) in [5.74, 6) is 0. The molecule has 0 N–H and O–H groups in total.